The van der Waals surface area contributed by atoms with Gasteiger partial charge >= 0.3 is 0 Å². The second kappa shape index (κ2) is 5.21. The number of likely N-dealkylation sites (tertiary alicyclic amines) is 1. The third kappa shape index (κ3) is 2.47. The van der Waals surface area contributed by atoms with E-state index >= 15 is 0 Å². The summed E-state index contributed by atoms with van der Waals surface area (Å²) in [4.78, 5) is 24.7. The lowest BCUT2D eigenvalue weighted by Crippen LogP contribution is -2.34. The van der Waals surface area contributed by atoms with Gasteiger partial charge in [0.25, 0.3) is 5.91 Å². The van der Waals surface area contributed by atoms with Gasteiger partial charge in [-0.05, 0) is 47.7 Å². The number of nitrogens with zero attached hydrogens (tertiary/aromatic N) is 1. The van der Waals surface area contributed by atoms with Crippen molar-refractivity contribution in [2.24, 2.45) is 0 Å². The summed E-state index contributed by atoms with van der Waals surface area (Å²) in [6.45, 7) is 2.15. The average molecular weight is 362 g/mol. The Kier molecular flexibility index (Phi) is 3.84. The number of hydrogen-bond donors (Lipinski definition) is 1. The van der Waals surface area contributed by atoms with Crippen molar-refractivity contribution >= 4 is 40.1 Å². The van der Waals surface area contributed by atoms with Gasteiger partial charge in [-0.2, -0.15) is 0 Å². The minimum Gasteiger partial charge on any atom is -0.372 e. The smallest absolute Gasteiger partial charge is 0.252 e. The SMILES string of the molecule is CCN1C(=O)CC(Nc2ccc(F)cc2I)C1=O. The molecular formula is C12H12FIN2O2. The zero-order chi connectivity index (χ0) is 13.3. The molecule has 96 valence electrons. The van der Waals surface area contributed by atoms with Gasteiger partial charge in [0.05, 0.1) is 6.42 Å². The molecule has 1 aromatic carbocycles. The molecule has 2 rings (SSSR count). The Morgan fingerprint density at radius 3 is 2.78 bits per heavy atom. The van der Waals surface area contributed by atoms with Gasteiger partial charge in [0.2, 0.25) is 5.91 Å². The van der Waals surface area contributed by atoms with Crippen molar-refractivity contribution in [2.45, 2.75) is 19.4 Å². The van der Waals surface area contributed by atoms with E-state index in [2.05, 4.69) is 5.32 Å². The van der Waals surface area contributed by atoms with Crippen LogP contribution in [0.4, 0.5) is 10.1 Å². The zero-order valence-electron chi connectivity index (χ0n) is 9.74. The molecular weight excluding hydrogens is 350 g/mol. The molecule has 0 bridgehead atoms. The number of nitrogens with one attached hydrogen (secondary N) is 1. The third-order valence-electron chi connectivity index (χ3n) is 2.82. The Morgan fingerprint density at radius 2 is 2.22 bits per heavy atom. The fourth-order valence-electron chi connectivity index (χ4n) is 1.92. The predicted octanol–water partition coefficient (Wildman–Crippen LogP) is 1.99. The Hall–Kier alpha value is -1.18. The number of anilines is 1. The van der Waals surface area contributed by atoms with Crippen molar-refractivity contribution in [3.63, 3.8) is 0 Å². The Bertz CT molecular complexity index is 507. The highest BCUT2D eigenvalue weighted by Crippen LogP contribution is 2.23. The minimum atomic E-state index is -0.545. The molecule has 6 heteroatoms. The first-order valence-electron chi connectivity index (χ1n) is 5.58. The molecule has 0 radical (unpaired) electrons. The van der Waals surface area contributed by atoms with Crippen LogP contribution in [0.1, 0.15) is 13.3 Å². The molecule has 0 saturated carbocycles. The van der Waals surface area contributed by atoms with E-state index in [9.17, 15) is 14.0 Å². The summed E-state index contributed by atoms with van der Waals surface area (Å²) in [5.41, 5.74) is 0.668. The summed E-state index contributed by atoms with van der Waals surface area (Å²) in [5, 5.41) is 2.99. The van der Waals surface area contributed by atoms with Gasteiger partial charge in [0.1, 0.15) is 11.9 Å². The molecule has 18 heavy (non-hydrogen) atoms. The normalized spacial score (nSPS) is 19.5. The summed E-state index contributed by atoms with van der Waals surface area (Å²) in [6.07, 6.45) is 0.153. The molecule has 0 aliphatic carbocycles. The molecule has 0 aromatic heterocycles. The second-order valence-corrected chi connectivity index (χ2v) is 5.16. The van der Waals surface area contributed by atoms with E-state index in [1.807, 2.05) is 22.6 Å². The Balaban J connectivity index is 2.15. The lowest BCUT2D eigenvalue weighted by Gasteiger charge is -2.15. The largest absolute Gasteiger partial charge is 0.372 e. The monoisotopic (exact) mass is 362 g/mol. The van der Waals surface area contributed by atoms with Crippen LogP contribution in [0, 0.1) is 9.39 Å². The van der Waals surface area contributed by atoms with E-state index in [0.717, 1.165) is 0 Å². The Labute approximate surface area is 118 Å². The van der Waals surface area contributed by atoms with Crippen LogP contribution in [0.25, 0.3) is 0 Å². The van der Waals surface area contributed by atoms with Crippen molar-refractivity contribution in [1.82, 2.24) is 4.90 Å². The zero-order valence-corrected chi connectivity index (χ0v) is 11.9. The summed E-state index contributed by atoms with van der Waals surface area (Å²) < 4.78 is 13.6. The molecule has 1 saturated heterocycles. The van der Waals surface area contributed by atoms with Crippen molar-refractivity contribution in [3.05, 3.63) is 27.6 Å². The fraction of sp³-hybridized carbons (Fsp3) is 0.333. The molecule has 1 heterocycles. The van der Waals surface area contributed by atoms with Crippen LogP contribution < -0.4 is 5.32 Å². The number of imide groups is 1. The number of halogens is 2. The maximum atomic E-state index is 13.0. The molecule has 1 fully saturated rings. The van der Waals surface area contributed by atoms with Gasteiger partial charge in [0.15, 0.2) is 0 Å². The Morgan fingerprint density at radius 1 is 1.50 bits per heavy atom. The van der Waals surface area contributed by atoms with Crippen molar-refractivity contribution < 1.29 is 14.0 Å². The van der Waals surface area contributed by atoms with Gasteiger partial charge in [-0.1, -0.05) is 0 Å². The first-order chi connectivity index (χ1) is 8.52. The number of likely N-dealkylation sites (N-methyl/N-ethyl adjacent to an activating group) is 1. The first-order valence-corrected chi connectivity index (χ1v) is 6.66. The van der Waals surface area contributed by atoms with Gasteiger partial charge in [-0.25, -0.2) is 4.39 Å². The van der Waals surface area contributed by atoms with Gasteiger partial charge in [-0.3, -0.25) is 14.5 Å². The first kappa shape index (κ1) is 13.3. The summed E-state index contributed by atoms with van der Waals surface area (Å²) in [7, 11) is 0. The van der Waals surface area contributed by atoms with Crippen LogP contribution in [0.15, 0.2) is 18.2 Å². The quantitative estimate of drug-likeness (QED) is 0.661. The highest BCUT2D eigenvalue weighted by Gasteiger charge is 2.37. The number of rotatable bonds is 3. The van der Waals surface area contributed by atoms with E-state index in [1.54, 1.807) is 13.0 Å². The van der Waals surface area contributed by atoms with E-state index in [-0.39, 0.29) is 24.1 Å². The number of hydrogen-bond acceptors (Lipinski definition) is 3. The fourth-order valence-corrected chi connectivity index (χ4v) is 2.56. The molecule has 1 aliphatic heterocycles. The maximum absolute atomic E-state index is 13.0. The number of carbonyl (C=O) groups excluding carboxylic acids is 2. The van der Waals surface area contributed by atoms with E-state index in [0.29, 0.717) is 15.8 Å². The van der Waals surface area contributed by atoms with Gasteiger partial charge < -0.3 is 5.32 Å². The minimum absolute atomic E-state index is 0.153. The second-order valence-electron chi connectivity index (χ2n) is 4.00. The van der Waals surface area contributed by atoms with Crippen LogP contribution >= 0.6 is 22.6 Å². The van der Waals surface area contributed by atoms with E-state index in [4.69, 9.17) is 0 Å². The van der Waals surface area contributed by atoms with Crippen molar-refractivity contribution in [3.8, 4) is 0 Å². The van der Waals surface area contributed by atoms with E-state index in [1.165, 1.54) is 17.0 Å². The third-order valence-corrected chi connectivity index (χ3v) is 3.71. The lowest BCUT2D eigenvalue weighted by atomic mass is 10.2. The molecule has 0 spiro atoms. The summed E-state index contributed by atoms with van der Waals surface area (Å²) >= 11 is 1.99. The predicted molar refractivity (Wildman–Crippen MR) is 73.5 cm³/mol. The highest BCUT2D eigenvalue weighted by atomic mass is 127. The van der Waals surface area contributed by atoms with Crippen LogP contribution in [-0.2, 0) is 9.59 Å². The number of amides is 2. The van der Waals surface area contributed by atoms with Gasteiger partial charge in [0, 0.05) is 15.8 Å². The van der Waals surface area contributed by atoms with Crippen LogP contribution in [0.5, 0.6) is 0 Å². The van der Waals surface area contributed by atoms with Crippen molar-refractivity contribution in [1.29, 1.82) is 0 Å². The molecule has 1 aliphatic rings. The standard InChI is InChI=1S/C12H12FIN2O2/c1-2-16-11(17)6-10(12(16)18)15-9-4-3-7(13)5-8(9)14/h3-5,10,15H,2,6H2,1H3. The summed E-state index contributed by atoms with van der Waals surface area (Å²) in [6, 6.07) is 3.73. The van der Waals surface area contributed by atoms with Crippen LogP contribution in [0.2, 0.25) is 0 Å². The average Bonchev–Trinajstić information content (AvgIpc) is 2.58. The van der Waals surface area contributed by atoms with Crippen LogP contribution in [-0.4, -0.2) is 29.3 Å². The highest BCUT2D eigenvalue weighted by molar-refractivity contribution is 14.1. The molecule has 4 nitrogen and oxygen atoms in total. The number of benzene rings is 1. The topological polar surface area (TPSA) is 49.4 Å². The maximum Gasteiger partial charge on any atom is 0.252 e. The molecule has 1 N–H and O–H groups in total. The molecule has 1 unspecified atom stereocenters. The van der Waals surface area contributed by atoms with Crippen molar-refractivity contribution in [2.75, 3.05) is 11.9 Å². The van der Waals surface area contributed by atoms with E-state index < -0.39 is 6.04 Å². The summed E-state index contributed by atoms with van der Waals surface area (Å²) in [5.74, 6) is -0.714. The molecule has 2 amide bonds. The molecule has 1 atom stereocenters. The molecule has 1 aromatic rings. The number of carbonyl (C=O) groups is 2. The lowest BCUT2D eigenvalue weighted by molar-refractivity contribution is -0.138. The van der Waals surface area contributed by atoms with Crippen LogP contribution in [0.3, 0.4) is 0 Å². The van der Waals surface area contributed by atoms with Gasteiger partial charge in [-0.15, -0.1) is 0 Å².